The summed E-state index contributed by atoms with van der Waals surface area (Å²) in [4.78, 5) is 27.4. The number of halogens is 2. The standard InChI is InChI=1S/C23H28Cl2N2O2S/c1-16(22(29)26-23(2,3)4)27(13-18-6-5-7-20(25)12-18)21(28)15-30-14-17-8-10-19(24)11-9-17/h5-12,16H,13-15H2,1-4H3,(H,26,29)/t16-/m0/s1. The Bertz CT molecular complexity index is 866. The van der Waals surface area contributed by atoms with Crippen molar-refractivity contribution < 1.29 is 9.59 Å². The quantitative estimate of drug-likeness (QED) is 0.553. The minimum atomic E-state index is -0.605. The number of hydrogen-bond acceptors (Lipinski definition) is 3. The van der Waals surface area contributed by atoms with E-state index >= 15 is 0 Å². The van der Waals surface area contributed by atoms with Gasteiger partial charge in [-0.15, -0.1) is 11.8 Å². The summed E-state index contributed by atoms with van der Waals surface area (Å²) in [5.41, 5.74) is 1.60. The van der Waals surface area contributed by atoms with Crippen LogP contribution in [-0.2, 0) is 21.9 Å². The zero-order chi connectivity index (χ0) is 22.3. The number of amides is 2. The average molecular weight is 467 g/mol. The lowest BCUT2D eigenvalue weighted by atomic mass is 10.1. The molecular formula is C23H28Cl2N2O2S. The first kappa shape index (κ1) is 24.6. The van der Waals surface area contributed by atoms with Crippen molar-refractivity contribution in [2.45, 2.75) is 51.6 Å². The van der Waals surface area contributed by atoms with Crippen molar-refractivity contribution in [1.29, 1.82) is 0 Å². The molecule has 2 aromatic rings. The van der Waals surface area contributed by atoms with Gasteiger partial charge in [-0.3, -0.25) is 9.59 Å². The minimum absolute atomic E-state index is 0.0921. The van der Waals surface area contributed by atoms with E-state index in [1.807, 2.05) is 63.2 Å². The molecule has 0 heterocycles. The lowest BCUT2D eigenvalue weighted by Gasteiger charge is -2.31. The second kappa shape index (κ2) is 11.1. The van der Waals surface area contributed by atoms with Gasteiger partial charge in [-0.05, 0) is 63.1 Å². The Balaban J connectivity index is 2.09. The Hall–Kier alpha value is -1.69. The van der Waals surface area contributed by atoms with Gasteiger partial charge >= 0.3 is 0 Å². The summed E-state index contributed by atoms with van der Waals surface area (Å²) in [6.07, 6.45) is 0. The Morgan fingerprint density at radius 3 is 2.30 bits per heavy atom. The molecule has 2 rings (SSSR count). The molecule has 0 aliphatic carbocycles. The van der Waals surface area contributed by atoms with Gasteiger partial charge in [-0.25, -0.2) is 0 Å². The first-order valence-corrected chi connectivity index (χ1v) is 11.6. The van der Waals surface area contributed by atoms with E-state index in [0.717, 1.165) is 11.1 Å². The number of carbonyl (C=O) groups excluding carboxylic acids is 2. The average Bonchev–Trinajstić information content (AvgIpc) is 2.65. The molecule has 1 atom stereocenters. The molecule has 30 heavy (non-hydrogen) atoms. The SMILES string of the molecule is C[C@@H](C(=O)NC(C)(C)C)N(Cc1cccc(Cl)c1)C(=O)CSCc1ccc(Cl)cc1. The second-order valence-electron chi connectivity index (χ2n) is 8.19. The molecule has 2 amide bonds. The van der Waals surface area contributed by atoms with Crippen LogP contribution in [0.25, 0.3) is 0 Å². The fourth-order valence-electron chi connectivity index (χ4n) is 2.81. The highest BCUT2D eigenvalue weighted by molar-refractivity contribution is 7.99. The van der Waals surface area contributed by atoms with E-state index in [2.05, 4.69) is 5.32 Å². The van der Waals surface area contributed by atoms with Crippen LogP contribution in [0.2, 0.25) is 10.0 Å². The Labute approximate surface area is 193 Å². The predicted molar refractivity (Wildman–Crippen MR) is 127 cm³/mol. The van der Waals surface area contributed by atoms with Crippen LogP contribution in [0.4, 0.5) is 0 Å². The summed E-state index contributed by atoms with van der Waals surface area (Å²) in [7, 11) is 0. The van der Waals surface area contributed by atoms with Gasteiger partial charge in [-0.2, -0.15) is 0 Å². The van der Waals surface area contributed by atoms with Gasteiger partial charge < -0.3 is 10.2 Å². The minimum Gasteiger partial charge on any atom is -0.350 e. The molecule has 1 N–H and O–H groups in total. The molecule has 0 bridgehead atoms. The molecule has 162 valence electrons. The zero-order valence-corrected chi connectivity index (χ0v) is 20.1. The van der Waals surface area contributed by atoms with E-state index in [0.29, 0.717) is 22.3 Å². The van der Waals surface area contributed by atoms with Crippen LogP contribution in [0.15, 0.2) is 48.5 Å². The number of carbonyl (C=O) groups is 2. The van der Waals surface area contributed by atoms with Crippen LogP contribution in [0.3, 0.4) is 0 Å². The summed E-state index contributed by atoms with van der Waals surface area (Å²) in [6, 6.07) is 14.3. The second-order valence-corrected chi connectivity index (χ2v) is 10.0. The summed E-state index contributed by atoms with van der Waals surface area (Å²) in [5.74, 6) is 0.693. The first-order valence-electron chi connectivity index (χ1n) is 9.73. The van der Waals surface area contributed by atoms with Crippen LogP contribution in [0, 0.1) is 0 Å². The zero-order valence-electron chi connectivity index (χ0n) is 17.7. The van der Waals surface area contributed by atoms with E-state index in [-0.39, 0.29) is 23.1 Å². The normalized spacial score (nSPS) is 12.3. The van der Waals surface area contributed by atoms with E-state index in [1.54, 1.807) is 17.9 Å². The highest BCUT2D eigenvalue weighted by Crippen LogP contribution is 2.19. The molecule has 0 aliphatic rings. The maximum absolute atomic E-state index is 13.1. The van der Waals surface area contributed by atoms with Gasteiger partial charge in [0.25, 0.3) is 0 Å². The number of thioether (sulfide) groups is 1. The lowest BCUT2D eigenvalue weighted by Crippen LogP contribution is -2.52. The van der Waals surface area contributed by atoms with Crippen molar-refractivity contribution in [1.82, 2.24) is 10.2 Å². The van der Waals surface area contributed by atoms with Crippen LogP contribution >= 0.6 is 35.0 Å². The van der Waals surface area contributed by atoms with E-state index in [1.165, 1.54) is 11.8 Å². The fraction of sp³-hybridized carbons (Fsp3) is 0.391. The Morgan fingerprint density at radius 2 is 1.70 bits per heavy atom. The topological polar surface area (TPSA) is 49.4 Å². The third-order valence-electron chi connectivity index (χ3n) is 4.31. The van der Waals surface area contributed by atoms with Gasteiger partial charge in [0.05, 0.1) is 5.75 Å². The molecular weight excluding hydrogens is 439 g/mol. The van der Waals surface area contributed by atoms with Crippen molar-refractivity contribution in [3.05, 3.63) is 69.7 Å². The first-order chi connectivity index (χ1) is 14.0. The molecule has 0 fully saturated rings. The number of nitrogens with one attached hydrogen (secondary N) is 1. The van der Waals surface area contributed by atoms with Crippen LogP contribution in [0.5, 0.6) is 0 Å². The van der Waals surface area contributed by atoms with Crippen LogP contribution in [0.1, 0.15) is 38.8 Å². The summed E-state index contributed by atoms with van der Waals surface area (Å²) >= 11 is 13.5. The smallest absolute Gasteiger partial charge is 0.242 e. The number of hydrogen-bond donors (Lipinski definition) is 1. The number of benzene rings is 2. The van der Waals surface area contributed by atoms with Crippen LogP contribution < -0.4 is 5.32 Å². The van der Waals surface area contributed by atoms with E-state index in [9.17, 15) is 9.59 Å². The molecule has 0 aromatic heterocycles. The third-order valence-corrected chi connectivity index (χ3v) is 5.79. The van der Waals surface area contributed by atoms with Gasteiger partial charge in [0.15, 0.2) is 0 Å². The molecule has 0 spiro atoms. The van der Waals surface area contributed by atoms with Crippen molar-refractivity contribution in [2.75, 3.05) is 5.75 Å². The van der Waals surface area contributed by atoms with Gasteiger partial charge in [0.2, 0.25) is 11.8 Å². The molecule has 0 radical (unpaired) electrons. The molecule has 4 nitrogen and oxygen atoms in total. The maximum atomic E-state index is 13.1. The highest BCUT2D eigenvalue weighted by atomic mass is 35.5. The van der Waals surface area contributed by atoms with Crippen molar-refractivity contribution >= 4 is 46.8 Å². The monoisotopic (exact) mass is 466 g/mol. The van der Waals surface area contributed by atoms with Crippen LogP contribution in [-0.4, -0.2) is 34.0 Å². The molecule has 0 saturated heterocycles. The summed E-state index contributed by atoms with van der Waals surface area (Å²) < 4.78 is 0. The number of nitrogens with zero attached hydrogens (tertiary/aromatic N) is 1. The predicted octanol–water partition coefficient (Wildman–Crippen LogP) is 5.56. The highest BCUT2D eigenvalue weighted by Gasteiger charge is 2.28. The Kier molecular flexibility index (Phi) is 9.08. The van der Waals surface area contributed by atoms with Crippen molar-refractivity contribution in [3.63, 3.8) is 0 Å². The number of rotatable bonds is 8. The lowest BCUT2D eigenvalue weighted by molar-refractivity contribution is -0.139. The van der Waals surface area contributed by atoms with Crippen molar-refractivity contribution in [3.8, 4) is 0 Å². The Morgan fingerprint density at radius 1 is 1.03 bits per heavy atom. The van der Waals surface area contributed by atoms with Gasteiger partial charge in [0.1, 0.15) is 6.04 Å². The summed E-state index contributed by atoms with van der Waals surface area (Å²) in [5, 5.41) is 4.25. The molecule has 0 saturated carbocycles. The maximum Gasteiger partial charge on any atom is 0.242 e. The fourth-order valence-corrected chi connectivity index (χ4v) is 4.02. The largest absolute Gasteiger partial charge is 0.350 e. The molecule has 7 heteroatoms. The van der Waals surface area contributed by atoms with E-state index in [4.69, 9.17) is 23.2 Å². The molecule has 0 unspecified atom stereocenters. The third kappa shape index (κ3) is 8.21. The molecule has 2 aromatic carbocycles. The van der Waals surface area contributed by atoms with E-state index < -0.39 is 6.04 Å². The van der Waals surface area contributed by atoms with Crippen molar-refractivity contribution in [2.24, 2.45) is 0 Å². The summed E-state index contributed by atoms with van der Waals surface area (Å²) in [6.45, 7) is 7.83. The van der Waals surface area contributed by atoms with Gasteiger partial charge in [-0.1, -0.05) is 47.5 Å². The molecule has 0 aliphatic heterocycles. The van der Waals surface area contributed by atoms with Gasteiger partial charge in [0, 0.05) is 27.9 Å².